The van der Waals surface area contributed by atoms with E-state index in [1.54, 1.807) is 0 Å². The van der Waals surface area contributed by atoms with Crippen molar-refractivity contribution in [3.05, 3.63) is 35.4 Å². The molecule has 0 atom stereocenters. The topological polar surface area (TPSA) is 12.5 Å². The molecule has 0 spiro atoms. The fourth-order valence-electron chi connectivity index (χ4n) is 2.67. The molecule has 0 radical (unpaired) electrons. The summed E-state index contributed by atoms with van der Waals surface area (Å²) in [6.07, 6.45) is 2.80. The molecule has 0 amide bonds. The number of rotatable bonds is 3. The lowest BCUT2D eigenvalue weighted by molar-refractivity contribution is 0.0388. The van der Waals surface area contributed by atoms with Gasteiger partial charge in [-0.1, -0.05) is 45.0 Å². The summed E-state index contributed by atoms with van der Waals surface area (Å²) in [6, 6.07) is 9.11. The Morgan fingerprint density at radius 3 is 2.16 bits per heavy atom. The average molecular weight is 261 g/mol. The van der Waals surface area contributed by atoms with E-state index < -0.39 is 0 Å². The van der Waals surface area contributed by atoms with Crippen molar-refractivity contribution in [2.24, 2.45) is 0 Å². The van der Waals surface area contributed by atoms with Crippen LogP contribution in [0.25, 0.3) is 0 Å². The van der Waals surface area contributed by atoms with E-state index >= 15 is 0 Å². The second-order valence-electron chi connectivity index (χ2n) is 6.66. The molecule has 106 valence electrons. The molecule has 1 aromatic carbocycles. The summed E-state index contributed by atoms with van der Waals surface area (Å²) >= 11 is 0. The average Bonchev–Trinajstić information content (AvgIpc) is 2.39. The Morgan fingerprint density at radius 1 is 1.11 bits per heavy atom. The van der Waals surface area contributed by atoms with Gasteiger partial charge in [-0.05, 0) is 29.4 Å². The summed E-state index contributed by atoms with van der Waals surface area (Å²) in [4.78, 5) is 2.53. The highest BCUT2D eigenvalue weighted by atomic mass is 16.5. The minimum absolute atomic E-state index is 0.245. The van der Waals surface area contributed by atoms with E-state index in [1.165, 1.54) is 11.1 Å². The van der Waals surface area contributed by atoms with Gasteiger partial charge in [-0.2, -0.15) is 0 Å². The summed E-state index contributed by atoms with van der Waals surface area (Å²) in [5, 5.41) is 0. The molecule has 2 nitrogen and oxygen atoms in total. The van der Waals surface area contributed by atoms with Crippen LogP contribution in [-0.2, 0) is 16.7 Å². The molecule has 1 heterocycles. The summed E-state index contributed by atoms with van der Waals surface area (Å²) in [5.41, 5.74) is 3.08. The lowest BCUT2D eigenvalue weighted by Gasteiger charge is -2.31. The second-order valence-corrected chi connectivity index (χ2v) is 6.66. The van der Waals surface area contributed by atoms with Gasteiger partial charge in [0, 0.05) is 26.7 Å². The van der Waals surface area contributed by atoms with Crippen LogP contribution >= 0.6 is 0 Å². The Hall–Kier alpha value is -0.860. The Balaban J connectivity index is 1.90. The largest absolute Gasteiger partial charge is 0.381 e. The maximum atomic E-state index is 5.42. The van der Waals surface area contributed by atoms with E-state index in [-0.39, 0.29) is 5.41 Å². The molecule has 1 aliphatic heterocycles. The Labute approximate surface area is 117 Å². The number of hydrogen-bond acceptors (Lipinski definition) is 2. The number of ether oxygens (including phenoxy) is 1. The van der Waals surface area contributed by atoms with Crippen molar-refractivity contribution in [2.75, 3.05) is 20.2 Å². The molecule has 1 aromatic rings. The fourth-order valence-corrected chi connectivity index (χ4v) is 2.67. The van der Waals surface area contributed by atoms with Gasteiger partial charge in [0.1, 0.15) is 0 Å². The van der Waals surface area contributed by atoms with Crippen LogP contribution in [0.1, 0.15) is 44.7 Å². The summed E-state index contributed by atoms with van der Waals surface area (Å²) in [7, 11) is 1.82. The Morgan fingerprint density at radius 2 is 1.68 bits per heavy atom. The van der Waals surface area contributed by atoms with Crippen LogP contribution in [0.3, 0.4) is 0 Å². The summed E-state index contributed by atoms with van der Waals surface area (Å²) in [5.74, 6) is 0. The van der Waals surface area contributed by atoms with E-state index in [2.05, 4.69) is 49.9 Å². The molecule has 0 aliphatic carbocycles. The molecule has 1 saturated heterocycles. The summed E-state index contributed by atoms with van der Waals surface area (Å²) in [6.45, 7) is 10.2. The highest BCUT2D eigenvalue weighted by molar-refractivity contribution is 5.27. The van der Waals surface area contributed by atoms with E-state index in [4.69, 9.17) is 4.74 Å². The Kier molecular flexibility index (Phi) is 4.64. The molecule has 0 bridgehead atoms. The highest BCUT2D eigenvalue weighted by Gasteiger charge is 2.19. The monoisotopic (exact) mass is 261 g/mol. The van der Waals surface area contributed by atoms with E-state index in [1.807, 2.05) is 7.11 Å². The standard InChI is InChI=1S/C17H27NO/c1-17(2,3)15-7-5-14(6-8-15)13-18-11-9-16(19-4)10-12-18/h5-8,16H,9-13H2,1-4H3. The predicted octanol–water partition coefficient (Wildman–Crippen LogP) is 3.59. The van der Waals surface area contributed by atoms with Crippen LogP contribution in [0.15, 0.2) is 24.3 Å². The third-order valence-electron chi connectivity index (χ3n) is 4.09. The second kappa shape index (κ2) is 6.06. The third kappa shape index (κ3) is 4.05. The first-order valence-corrected chi connectivity index (χ1v) is 7.33. The molecule has 2 rings (SSSR count). The Bertz CT molecular complexity index is 383. The molecule has 0 N–H and O–H groups in total. The quantitative estimate of drug-likeness (QED) is 0.824. The number of nitrogens with zero attached hydrogens (tertiary/aromatic N) is 1. The van der Waals surface area contributed by atoms with Crippen molar-refractivity contribution >= 4 is 0 Å². The maximum absolute atomic E-state index is 5.42. The van der Waals surface area contributed by atoms with E-state index in [0.717, 1.165) is 32.5 Å². The van der Waals surface area contributed by atoms with Gasteiger partial charge < -0.3 is 4.74 Å². The molecule has 19 heavy (non-hydrogen) atoms. The SMILES string of the molecule is COC1CCN(Cc2ccc(C(C)(C)C)cc2)CC1. The van der Waals surface area contributed by atoms with Gasteiger partial charge in [-0.15, -0.1) is 0 Å². The zero-order valence-electron chi connectivity index (χ0n) is 12.8. The van der Waals surface area contributed by atoms with Crippen molar-refractivity contribution < 1.29 is 4.74 Å². The smallest absolute Gasteiger partial charge is 0.0595 e. The van der Waals surface area contributed by atoms with Crippen LogP contribution in [0.2, 0.25) is 0 Å². The summed E-state index contributed by atoms with van der Waals surface area (Å²) < 4.78 is 5.42. The molecule has 1 fully saturated rings. The van der Waals surface area contributed by atoms with Gasteiger partial charge in [0.25, 0.3) is 0 Å². The fraction of sp³-hybridized carbons (Fsp3) is 0.647. The molecule has 0 saturated carbocycles. The van der Waals surface area contributed by atoms with E-state index in [0.29, 0.717) is 6.10 Å². The number of hydrogen-bond donors (Lipinski definition) is 0. The molecular formula is C17H27NO. The zero-order chi connectivity index (χ0) is 13.9. The molecule has 2 heteroatoms. The van der Waals surface area contributed by atoms with Crippen LogP contribution in [0.5, 0.6) is 0 Å². The van der Waals surface area contributed by atoms with Crippen LogP contribution in [0, 0.1) is 0 Å². The van der Waals surface area contributed by atoms with Gasteiger partial charge in [0.05, 0.1) is 6.10 Å². The van der Waals surface area contributed by atoms with Crippen molar-refractivity contribution in [2.45, 2.75) is 51.7 Å². The molecule has 0 aromatic heterocycles. The normalized spacial score (nSPS) is 18.7. The van der Waals surface area contributed by atoms with Gasteiger partial charge in [0.15, 0.2) is 0 Å². The number of piperidine rings is 1. The third-order valence-corrected chi connectivity index (χ3v) is 4.09. The van der Waals surface area contributed by atoms with Crippen LogP contribution < -0.4 is 0 Å². The number of benzene rings is 1. The first-order chi connectivity index (χ1) is 8.99. The van der Waals surface area contributed by atoms with Gasteiger partial charge in [-0.3, -0.25) is 4.90 Å². The van der Waals surface area contributed by atoms with Gasteiger partial charge in [-0.25, -0.2) is 0 Å². The van der Waals surface area contributed by atoms with Crippen molar-refractivity contribution in [3.8, 4) is 0 Å². The van der Waals surface area contributed by atoms with Crippen molar-refractivity contribution in [3.63, 3.8) is 0 Å². The maximum Gasteiger partial charge on any atom is 0.0595 e. The first kappa shape index (κ1) is 14.5. The lowest BCUT2D eigenvalue weighted by Crippen LogP contribution is -2.36. The molecular weight excluding hydrogens is 234 g/mol. The number of methoxy groups -OCH3 is 1. The zero-order valence-corrected chi connectivity index (χ0v) is 12.8. The van der Waals surface area contributed by atoms with Crippen LogP contribution in [0.4, 0.5) is 0 Å². The lowest BCUT2D eigenvalue weighted by atomic mass is 9.86. The minimum Gasteiger partial charge on any atom is -0.381 e. The highest BCUT2D eigenvalue weighted by Crippen LogP contribution is 2.23. The van der Waals surface area contributed by atoms with Crippen molar-refractivity contribution in [1.29, 1.82) is 0 Å². The first-order valence-electron chi connectivity index (χ1n) is 7.33. The predicted molar refractivity (Wildman–Crippen MR) is 80.5 cm³/mol. The van der Waals surface area contributed by atoms with Gasteiger partial charge in [0.2, 0.25) is 0 Å². The minimum atomic E-state index is 0.245. The number of likely N-dealkylation sites (tertiary alicyclic amines) is 1. The van der Waals surface area contributed by atoms with Gasteiger partial charge >= 0.3 is 0 Å². The van der Waals surface area contributed by atoms with Crippen LogP contribution in [-0.4, -0.2) is 31.2 Å². The molecule has 0 unspecified atom stereocenters. The molecule has 1 aliphatic rings. The van der Waals surface area contributed by atoms with Crippen molar-refractivity contribution in [1.82, 2.24) is 4.90 Å². The van der Waals surface area contributed by atoms with E-state index in [9.17, 15) is 0 Å².